The van der Waals surface area contributed by atoms with Gasteiger partial charge in [0.05, 0.1) is 0 Å². The fourth-order valence-corrected chi connectivity index (χ4v) is 4.86. The number of carbonyl (C=O) groups excluding carboxylic acids is 1. The van der Waals surface area contributed by atoms with Crippen LogP contribution < -0.4 is 0 Å². The zero-order valence-electron chi connectivity index (χ0n) is 18.2. The summed E-state index contributed by atoms with van der Waals surface area (Å²) in [5.74, 6) is 0.624. The lowest BCUT2D eigenvalue weighted by atomic mass is 9.90. The van der Waals surface area contributed by atoms with Gasteiger partial charge in [0.25, 0.3) is 5.91 Å². The van der Waals surface area contributed by atoms with E-state index in [1.807, 2.05) is 47.4 Å². The van der Waals surface area contributed by atoms with Crippen molar-refractivity contribution in [1.82, 2.24) is 9.88 Å². The molecule has 0 atom stereocenters. The Kier molecular flexibility index (Phi) is 5.11. The molecular formula is C28H28N2O. The van der Waals surface area contributed by atoms with Gasteiger partial charge in [0.2, 0.25) is 0 Å². The smallest absolute Gasteiger partial charge is 0.253 e. The van der Waals surface area contributed by atoms with E-state index in [1.54, 1.807) is 0 Å². The summed E-state index contributed by atoms with van der Waals surface area (Å²) < 4.78 is 0. The third-order valence-electron chi connectivity index (χ3n) is 6.68. The topological polar surface area (TPSA) is 36.1 Å². The summed E-state index contributed by atoms with van der Waals surface area (Å²) in [6.07, 6.45) is 2.00. The third-order valence-corrected chi connectivity index (χ3v) is 6.68. The highest BCUT2D eigenvalue weighted by molar-refractivity contribution is 5.94. The van der Waals surface area contributed by atoms with E-state index in [-0.39, 0.29) is 5.91 Å². The molecule has 5 rings (SSSR count). The van der Waals surface area contributed by atoms with E-state index in [9.17, 15) is 4.79 Å². The van der Waals surface area contributed by atoms with Crippen LogP contribution in [0.1, 0.15) is 45.9 Å². The summed E-state index contributed by atoms with van der Waals surface area (Å²) in [6.45, 7) is 5.97. The minimum absolute atomic E-state index is 0.141. The van der Waals surface area contributed by atoms with Gasteiger partial charge in [-0.25, -0.2) is 0 Å². The summed E-state index contributed by atoms with van der Waals surface area (Å²) in [6, 6.07) is 24.9. The molecule has 1 aliphatic rings. The monoisotopic (exact) mass is 408 g/mol. The van der Waals surface area contributed by atoms with Crippen molar-refractivity contribution in [3.05, 3.63) is 95.2 Å². The number of nitrogens with zero attached hydrogens (tertiary/aromatic N) is 1. The van der Waals surface area contributed by atoms with Crippen LogP contribution in [0.3, 0.4) is 0 Å². The van der Waals surface area contributed by atoms with Crippen molar-refractivity contribution in [2.24, 2.45) is 0 Å². The van der Waals surface area contributed by atoms with Crippen molar-refractivity contribution in [1.29, 1.82) is 0 Å². The van der Waals surface area contributed by atoms with Crippen LogP contribution in [-0.4, -0.2) is 28.9 Å². The normalized spacial score (nSPS) is 14.8. The second kappa shape index (κ2) is 8.07. The third kappa shape index (κ3) is 3.76. The van der Waals surface area contributed by atoms with Crippen molar-refractivity contribution in [3.63, 3.8) is 0 Å². The molecular weight excluding hydrogens is 380 g/mol. The van der Waals surface area contributed by atoms with E-state index in [1.165, 1.54) is 33.3 Å². The first-order chi connectivity index (χ1) is 15.1. The van der Waals surface area contributed by atoms with Gasteiger partial charge in [-0.3, -0.25) is 4.79 Å². The van der Waals surface area contributed by atoms with Gasteiger partial charge in [0.15, 0.2) is 0 Å². The quantitative estimate of drug-likeness (QED) is 0.414. The Morgan fingerprint density at radius 2 is 1.55 bits per heavy atom. The Bertz CT molecular complexity index is 1210. The molecule has 4 aromatic rings. The van der Waals surface area contributed by atoms with Gasteiger partial charge in [-0.15, -0.1) is 0 Å². The summed E-state index contributed by atoms with van der Waals surface area (Å²) in [4.78, 5) is 18.7. The van der Waals surface area contributed by atoms with Crippen molar-refractivity contribution < 1.29 is 4.79 Å². The SMILES string of the molecule is Cc1ccc2[nH]c(C3CCN(C(=O)c4ccc(-c5ccccc5)cc4)CC3)c(C)c2c1. The Balaban J connectivity index is 1.27. The number of carbonyl (C=O) groups is 1. The fraction of sp³-hybridized carbons (Fsp3) is 0.250. The van der Waals surface area contributed by atoms with Crippen LogP contribution in [0, 0.1) is 13.8 Å². The Morgan fingerprint density at radius 1 is 0.871 bits per heavy atom. The minimum atomic E-state index is 0.141. The molecule has 31 heavy (non-hydrogen) atoms. The molecule has 1 N–H and O–H groups in total. The number of rotatable bonds is 3. The number of aryl methyl sites for hydroxylation is 2. The number of likely N-dealkylation sites (tertiary alicyclic amines) is 1. The fourth-order valence-electron chi connectivity index (χ4n) is 4.86. The minimum Gasteiger partial charge on any atom is -0.358 e. The number of piperidine rings is 1. The molecule has 3 nitrogen and oxygen atoms in total. The van der Waals surface area contributed by atoms with Gasteiger partial charge in [0, 0.05) is 41.2 Å². The lowest BCUT2D eigenvalue weighted by Gasteiger charge is -2.32. The molecule has 156 valence electrons. The molecule has 0 radical (unpaired) electrons. The summed E-state index contributed by atoms with van der Waals surface area (Å²) in [5.41, 5.74) is 8.30. The van der Waals surface area contributed by atoms with Crippen LogP contribution in [0.5, 0.6) is 0 Å². The highest BCUT2D eigenvalue weighted by Crippen LogP contribution is 2.34. The molecule has 1 aliphatic heterocycles. The maximum atomic E-state index is 13.1. The summed E-state index contributed by atoms with van der Waals surface area (Å²) >= 11 is 0. The predicted molar refractivity (Wildman–Crippen MR) is 128 cm³/mol. The Hall–Kier alpha value is -3.33. The maximum absolute atomic E-state index is 13.1. The van der Waals surface area contributed by atoms with Gasteiger partial charge in [-0.05, 0) is 67.6 Å². The molecule has 0 aliphatic carbocycles. The van der Waals surface area contributed by atoms with E-state index < -0.39 is 0 Å². The molecule has 3 aromatic carbocycles. The van der Waals surface area contributed by atoms with Crippen LogP contribution >= 0.6 is 0 Å². The second-order valence-electron chi connectivity index (χ2n) is 8.72. The van der Waals surface area contributed by atoms with Crippen molar-refractivity contribution >= 4 is 16.8 Å². The second-order valence-corrected chi connectivity index (χ2v) is 8.72. The molecule has 0 spiro atoms. The summed E-state index contributed by atoms with van der Waals surface area (Å²) in [7, 11) is 0. The number of hydrogen-bond donors (Lipinski definition) is 1. The van der Waals surface area contributed by atoms with Gasteiger partial charge in [-0.1, -0.05) is 54.1 Å². The molecule has 0 bridgehead atoms. The number of H-pyrrole nitrogens is 1. The number of fused-ring (bicyclic) bond motifs is 1. The first-order valence-corrected chi connectivity index (χ1v) is 11.1. The number of hydrogen-bond acceptors (Lipinski definition) is 1. The molecule has 1 fully saturated rings. The lowest BCUT2D eigenvalue weighted by molar-refractivity contribution is 0.0712. The molecule has 1 aromatic heterocycles. The Morgan fingerprint density at radius 3 is 2.26 bits per heavy atom. The van der Waals surface area contributed by atoms with E-state index in [0.29, 0.717) is 5.92 Å². The zero-order valence-corrected chi connectivity index (χ0v) is 18.2. The Labute approximate surface area is 183 Å². The molecule has 0 saturated carbocycles. The molecule has 3 heteroatoms. The first-order valence-electron chi connectivity index (χ1n) is 11.1. The lowest BCUT2D eigenvalue weighted by Crippen LogP contribution is -2.38. The van der Waals surface area contributed by atoms with E-state index in [0.717, 1.165) is 37.1 Å². The van der Waals surface area contributed by atoms with E-state index in [4.69, 9.17) is 0 Å². The van der Waals surface area contributed by atoms with Crippen LogP contribution in [-0.2, 0) is 0 Å². The number of aromatic nitrogens is 1. The van der Waals surface area contributed by atoms with Gasteiger partial charge < -0.3 is 9.88 Å². The number of nitrogens with one attached hydrogen (secondary N) is 1. The maximum Gasteiger partial charge on any atom is 0.253 e. The van der Waals surface area contributed by atoms with Crippen LogP contribution in [0.15, 0.2) is 72.8 Å². The highest BCUT2D eigenvalue weighted by atomic mass is 16.2. The standard InChI is InChI=1S/C28H28N2O/c1-19-8-13-26-25(18-19)20(2)27(29-26)23-14-16-30(17-15-23)28(31)24-11-9-22(10-12-24)21-6-4-3-5-7-21/h3-13,18,23,29H,14-17H2,1-2H3. The van der Waals surface area contributed by atoms with Crippen LogP contribution in [0.4, 0.5) is 0 Å². The highest BCUT2D eigenvalue weighted by Gasteiger charge is 2.27. The van der Waals surface area contributed by atoms with Gasteiger partial charge in [0.1, 0.15) is 0 Å². The largest absolute Gasteiger partial charge is 0.358 e. The van der Waals surface area contributed by atoms with Crippen molar-refractivity contribution in [2.45, 2.75) is 32.6 Å². The van der Waals surface area contributed by atoms with Crippen LogP contribution in [0.2, 0.25) is 0 Å². The van der Waals surface area contributed by atoms with E-state index >= 15 is 0 Å². The molecule has 2 heterocycles. The average molecular weight is 409 g/mol. The summed E-state index contributed by atoms with van der Waals surface area (Å²) in [5, 5.41) is 1.33. The predicted octanol–water partition coefficient (Wildman–Crippen LogP) is 6.47. The van der Waals surface area contributed by atoms with Crippen LogP contribution in [0.25, 0.3) is 22.0 Å². The number of aromatic amines is 1. The average Bonchev–Trinajstić information content (AvgIpc) is 3.15. The van der Waals surface area contributed by atoms with Gasteiger partial charge in [-0.2, -0.15) is 0 Å². The van der Waals surface area contributed by atoms with Gasteiger partial charge >= 0.3 is 0 Å². The molecule has 0 unspecified atom stereocenters. The molecule has 1 saturated heterocycles. The zero-order chi connectivity index (χ0) is 21.4. The number of amides is 1. The first kappa shape index (κ1) is 19.6. The number of benzene rings is 3. The molecule has 1 amide bonds. The van der Waals surface area contributed by atoms with E-state index in [2.05, 4.69) is 49.2 Å². The van der Waals surface area contributed by atoms with Crippen molar-refractivity contribution in [2.75, 3.05) is 13.1 Å². The van der Waals surface area contributed by atoms with Crippen molar-refractivity contribution in [3.8, 4) is 11.1 Å².